The number of hydrogen-bond acceptors (Lipinski definition) is 4. The van der Waals surface area contributed by atoms with Crippen molar-refractivity contribution in [3.05, 3.63) is 21.7 Å². The van der Waals surface area contributed by atoms with E-state index in [1.807, 2.05) is 17.8 Å². The highest BCUT2D eigenvalue weighted by atomic mass is 79.9. The maximum absolute atomic E-state index is 6.39. The van der Waals surface area contributed by atoms with Crippen molar-refractivity contribution in [1.82, 2.24) is 0 Å². The molecule has 1 aromatic rings. The van der Waals surface area contributed by atoms with E-state index in [0.717, 1.165) is 33.7 Å². The van der Waals surface area contributed by atoms with Crippen LogP contribution < -0.4 is 15.2 Å². The number of benzene rings is 1. The fourth-order valence-corrected chi connectivity index (χ4v) is 4.25. The second-order valence-electron chi connectivity index (χ2n) is 4.27. The molecule has 0 radical (unpaired) electrons. The first-order valence-electron chi connectivity index (χ1n) is 5.94. The minimum atomic E-state index is -0.00917. The van der Waals surface area contributed by atoms with E-state index < -0.39 is 0 Å². The highest BCUT2D eigenvalue weighted by Crippen LogP contribution is 2.48. The van der Waals surface area contributed by atoms with Gasteiger partial charge in [-0.05, 0) is 28.4 Å². The molecule has 2 unspecified atom stereocenters. The van der Waals surface area contributed by atoms with Gasteiger partial charge in [0.1, 0.15) is 11.5 Å². The van der Waals surface area contributed by atoms with Crippen molar-refractivity contribution in [2.24, 2.45) is 5.73 Å². The number of ether oxygens (including phenoxy) is 2. The van der Waals surface area contributed by atoms with Crippen molar-refractivity contribution in [2.75, 3.05) is 14.2 Å². The van der Waals surface area contributed by atoms with Gasteiger partial charge in [-0.3, -0.25) is 0 Å². The molecule has 0 fully saturated rings. The second kappa shape index (κ2) is 5.72. The van der Waals surface area contributed by atoms with E-state index in [0.29, 0.717) is 5.25 Å². The Kier molecular flexibility index (Phi) is 4.45. The lowest BCUT2D eigenvalue weighted by molar-refractivity contribution is 0.387. The molecule has 0 aliphatic carbocycles. The number of thioether (sulfide) groups is 1. The van der Waals surface area contributed by atoms with Gasteiger partial charge in [0.2, 0.25) is 0 Å². The summed E-state index contributed by atoms with van der Waals surface area (Å²) in [4.78, 5) is 0. The quantitative estimate of drug-likeness (QED) is 0.920. The minimum absolute atomic E-state index is 0.00917. The normalized spacial score (nSPS) is 22.5. The zero-order chi connectivity index (χ0) is 13.3. The van der Waals surface area contributed by atoms with Crippen molar-refractivity contribution in [3.63, 3.8) is 0 Å². The second-order valence-corrected chi connectivity index (χ2v) is 6.35. The Hall–Kier alpha value is -0.390. The molecule has 2 N–H and O–H groups in total. The third kappa shape index (κ3) is 2.24. The number of nitrogens with two attached hydrogens (primary N) is 1. The molecule has 1 aliphatic rings. The Labute approximate surface area is 121 Å². The van der Waals surface area contributed by atoms with Crippen LogP contribution in [0, 0.1) is 0 Å². The summed E-state index contributed by atoms with van der Waals surface area (Å²) in [5.41, 5.74) is 8.65. The van der Waals surface area contributed by atoms with E-state index in [9.17, 15) is 0 Å². The molecule has 0 aromatic heterocycles. The number of methoxy groups -OCH3 is 2. The van der Waals surface area contributed by atoms with Crippen molar-refractivity contribution in [3.8, 4) is 11.5 Å². The van der Waals surface area contributed by atoms with Crippen molar-refractivity contribution >= 4 is 27.7 Å². The van der Waals surface area contributed by atoms with Crippen LogP contribution in [-0.2, 0) is 5.75 Å². The van der Waals surface area contributed by atoms with E-state index in [1.54, 1.807) is 14.2 Å². The van der Waals surface area contributed by atoms with Crippen molar-refractivity contribution < 1.29 is 9.47 Å². The highest BCUT2D eigenvalue weighted by Gasteiger charge is 2.32. The zero-order valence-corrected chi connectivity index (χ0v) is 13.2. The summed E-state index contributed by atoms with van der Waals surface area (Å²) in [7, 11) is 3.37. The highest BCUT2D eigenvalue weighted by molar-refractivity contribution is 9.10. The predicted octanol–water partition coefficient (Wildman–Crippen LogP) is 3.49. The van der Waals surface area contributed by atoms with Crippen molar-refractivity contribution in [2.45, 2.75) is 30.4 Å². The molecule has 1 aromatic carbocycles. The van der Waals surface area contributed by atoms with E-state index in [2.05, 4.69) is 22.9 Å². The molecule has 2 rings (SSSR count). The molecule has 5 heteroatoms. The first kappa shape index (κ1) is 14.0. The fourth-order valence-electron chi connectivity index (χ4n) is 2.41. The molecule has 0 bridgehead atoms. The SMILES string of the molecule is CCC1SCc2c(OC)cc(Br)c(OC)c2C1N. The number of rotatable bonds is 3. The molecule has 2 atom stereocenters. The molecule has 18 heavy (non-hydrogen) atoms. The molecule has 1 heterocycles. The molecule has 1 aliphatic heterocycles. The summed E-state index contributed by atoms with van der Waals surface area (Å²) in [6.45, 7) is 2.17. The first-order valence-corrected chi connectivity index (χ1v) is 7.78. The van der Waals surface area contributed by atoms with Crippen LogP contribution in [0.15, 0.2) is 10.5 Å². The standard InChI is InChI=1S/C13H18BrNO2S/c1-4-10-12(15)11-7(6-18-10)9(16-2)5-8(14)13(11)17-3/h5,10,12H,4,6,15H2,1-3H3. The van der Waals surface area contributed by atoms with Gasteiger partial charge in [-0.1, -0.05) is 6.92 Å². The minimum Gasteiger partial charge on any atom is -0.496 e. The van der Waals surface area contributed by atoms with Gasteiger partial charge in [0, 0.05) is 28.2 Å². The van der Waals surface area contributed by atoms with Gasteiger partial charge in [0.15, 0.2) is 0 Å². The van der Waals surface area contributed by atoms with Gasteiger partial charge in [-0.25, -0.2) is 0 Å². The van der Waals surface area contributed by atoms with Gasteiger partial charge in [-0.15, -0.1) is 0 Å². The maximum Gasteiger partial charge on any atom is 0.138 e. The predicted molar refractivity (Wildman–Crippen MR) is 79.5 cm³/mol. The lowest BCUT2D eigenvalue weighted by atomic mass is 9.95. The van der Waals surface area contributed by atoms with E-state index in [4.69, 9.17) is 15.2 Å². The van der Waals surface area contributed by atoms with Crippen LogP contribution in [0.4, 0.5) is 0 Å². The molecule has 100 valence electrons. The Balaban J connectivity index is 2.61. The topological polar surface area (TPSA) is 44.5 Å². The van der Waals surface area contributed by atoms with Gasteiger partial charge < -0.3 is 15.2 Å². The van der Waals surface area contributed by atoms with E-state index >= 15 is 0 Å². The van der Waals surface area contributed by atoms with Crippen LogP contribution in [0.3, 0.4) is 0 Å². The smallest absolute Gasteiger partial charge is 0.138 e. The molecule has 0 saturated carbocycles. The third-order valence-corrected chi connectivity index (χ3v) is 5.44. The van der Waals surface area contributed by atoms with E-state index in [1.165, 1.54) is 5.56 Å². The van der Waals surface area contributed by atoms with Crippen molar-refractivity contribution in [1.29, 1.82) is 0 Å². The van der Waals surface area contributed by atoms with Crippen LogP contribution in [0.5, 0.6) is 11.5 Å². The zero-order valence-electron chi connectivity index (χ0n) is 10.8. The molecule has 3 nitrogen and oxygen atoms in total. The third-order valence-electron chi connectivity index (χ3n) is 3.34. The summed E-state index contributed by atoms with van der Waals surface area (Å²) in [5.74, 6) is 2.65. The van der Waals surface area contributed by atoms with Crippen LogP contribution in [-0.4, -0.2) is 19.5 Å². The Morgan fingerprint density at radius 1 is 1.44 bits per heavy atom. The Morgan fingerprint density at radius 2 is 2.17 bits per heavy atom. The Bertz CT molecular complexity index is 453. The van der Waals surface area contributed by atoms with Crippen LogP contribution in [0.1, 0.15) is 30.5 Å². The fraction of sp³-hybridized carbons (Fsp3) is 0.538. The average molecular weight is 332 g/mol. The number of fused-ring (bicyclic) bond motifs is 1. The first-order chi connectivity index (χ1) is 8.63. The van der Waals surface area contributed by atoms with E-state index in [-0.39, 0.29) is 6.04 Å². The lowest BCUT2D eigenvalue weighted by Gasteiger charge is -2.32. The number of halogens is 1. The lowest BCUT2D eigenvalue weighted by Crippen LogP contribution is -2.28. The molecule has 0 spiro atoms. The largest absolute Gasteiger partial charge is 0.496 e. The Morgan fingerprint density at radius 3 is 2.72 bits per heavy atom. The van der Waals surface area contributed by atoms with Gasteiger partial charge >= 0.3 is 0 Å². The summed E-state index contributed by atoms with van der Waals surface area (Å²) in [5, 5.41) is 0.436. The summed E-state index contributed by atoms with van der Waals surface area (Å²) >= 11 is 5.42. The van der Waals surface area contributed by atoms with Gasteiger partial charge in [-0.2, -0.15) is 11.8 Å². The molecular formula is C13H18BrNO2S. The van der Waals surface area contributed by atoms with Crippen LogP contribution in [0.2, 0.25) is 0 Å². The maximum atomic E-state index is 6.39. The monoisotopic (exact) mass is 331 g/mol. The summed E-state index contributed by atoms with van der Waals surface area (Å²) in [6, 6.07) is 1.95. The average Bonchev–Trinajstić information content (AvgIpc) is 2.38. The van der Waals surface area contributed by atoms with Gasteiger partial charge in [0.05, 0.1) is 18.7 Å². The molecule has 0 amide bonds. The summed E-state index contributed by atoms with van der Waals surface area (Å²) in [6.07, 6.45) is 1.06. The van der Waals surface area contributed by atoms with Gasteiger partial charge in [0.25, 0.3) is 0 Å². The number of hydrogen-bond donors (Lipinski definition) is 1. The molecule has 0 saturated heterocycles. The summed E-state index contributed by atoms with van der Waals surface area (Å²) < 4.78 is 11.9. The van der Waals surface area contributed by atoms with Crippen LogP contribution >= 0.6 is 27.7 Å². The van der Waals surface area contributed by atoms with Crippen LogP contribution in [0.25, 0.3) is 0 Å². The molecular weight excluding hydrogens is 314 g/mol.